The Morgan fingerprint density at radius 3 is 2.62 bits per heavy atom. The number of nitrogens with two attached hydrogens (primary N) is 1. The van der Waals surface area contributed by atoms with Gasteiger partial charge in [0.25, 0.3) is 0 Å². The van der Waals surface area contributed by atoms with Crippen molar-refractivity contribution in [3.63, 3.8) is 0 Å². The number of thiocarbonyl (C=S) groups is 1. The first-order valence-corrected chi connectivity index (χ1v) is 8.68. The number of benzene rings is 1. The topological polar surface area (TPSA) is 83.6 Å². The molecule has 1 saturated carbocycles. The van der Waals surface area contributed by atoms with Crippen LogP contribution in [0.15, 0.2) is 23.1 Å². The van der Waals surface area contributed by atoms with Gasteiger partial charge in [0, 0.05) is 19.2 Å². The number of nitrogens with zero attached hydrogens (tertiary/aromatic N) is 1. The fourth-order valence-corrected chi connectivity index (χ4v) is 4.20. The number of hydrogen-bond donors (Lipinski definition) is 2. The summed E-state index contributed by atoms with van der Waals surface area (Å²) in [6.45, 7) is 0.383. The molecule has 0 amide bonds. The van der Waals surface area contributed by atoms with Crippen molar-refractivity contribution in [1.82, 2.24) is 4.31 Å². The minimum atomic E-state index is -3.61. The molecule has 0 unspecified atom stereocenters. The molecule has 0 aromatic heterocycles. The molecular formula is C13H17ClN2O3S2. The molecule has 0 bridgehead atoms. The maximum atomic E-state index is 12.5. The van der Waals surface area contributed by atoms with Crippen LogP contribution < -0.4 is 5.73 Å². The van der Waals surface area contributed by atoms with E-state index in [1.807, 2.05) is 0 Å². The first kappa shape index (κ1) is 16.6. The van der Waals surface area contributed by atoms with E-state index in [2.05, 4.69) is 0 Å². The third-order valence-corrected chi connectivity index (χ3v) is 5.99. The van der Waals surface area contributed by atoms with Crippen LogP contribution >= 0.6 is 23.8 Å². The average molecular weight is 349 g/mol. The third-order valence-electron chi connectivity index (χ3n) is 3.64. The van der Waals surface area contributed by atoms with Crippen LogP contribution in [0.25, 0.3) is 0 Å². The van der Waals surface area contributed by atoms with E-state index in [9.17, 15) is 13.5 Å². The van der Waals surface area contributed by atoms with E-state index in [1.165, 1.54) is 29.6 Å². The Labute approximate surface area is 134 Å². The Hall–Kier alpha value is -0.730. The molecule has 0 aliphatic heterocycles. The Balaban J connectivity index is 2.18. The summed E-state index contributed by atoms with van der Waals surface area (Å²) in [6.07, 6.45) is 0.979. The summed E-state index contributed by atoms with van der Waals surface area (Å²) in [5, 5.41) is 9.48. The van der Waals surface area contributed by atoms with E-state index in [4.69, 9.17) is 29.6 Å². The van der Waals surface area contributed by atoms with Gasteiger partial charge in [0.1, 0.15) is 4.99 Å². The van der Waals surface area contributed by atoms with Crippen molar-refractivity contribution >= 4 is 38.8 Å². The molecule has 1 aromatic carbocycles. The van der Waals surface area contributed by atoms with Gasteiger partial charge in [-0.1, -0.05) is 23.8 Å². The van der Waals surface area contributed by atoms with Crippen LogP contribution in [-0.2, 0) is 10.0 Å². The second-order valence-electron chi connectivity index (χ2n) is 5.28. The molecule has 21 heavy (non-hydrogen) atoms. The van der Waals surface area contributed by atoms with Gasteiger partial charge in [-0.25, -0.2) is 12.7 Å². The van der Waals surface area contributed by atoms with Crippen molar-refractivity contribution in [1.29, 1.82) is 0 Å². The Kier molecular flexibility index (Phi) is 4.89. The summed E-state index contributed by atoms with van der Waals surface area (Å²) in [5.74, 6) is 0.200. The van der Waals surface area contributed by atoms with Crippen molar-refractivity contribution < 1.29 is 13.5 Å². The van der Waals surface area contributed by atoms with Gasteiger partial charge in [0.2, 0.25) is 10.0 Å². The predicted octanol–water partition coefficient (Wildman–Crippen LogP) is 1.37. The predicted molar refractivity (Wildman–Crippen MR) is 85.9 cm³/mol. The molecule has 0 saturated heterocycles. The number of hydrogen-bond acceptors (Lipinski definition) is 4. The zero-order valence-corrected chi connectivity index (χ0v) is 13.9. The summed E-state index contributed by atoms with van der Waals surface area (Å²) < 4.78 is 26.2. The van der Waals surface area contributed by atoms with Crippen LogP contribution in [-0.4, -0.2) is 42.5 Å². The highest BCUT2D eigenvalue weighted by Gasteiger charge is 2.31. The normalized spacial score (nSPS) is 22.1. The van der Waals surface area contributed by atoms with Gasteiger partial charge >= 0.3 is 0 Å². The maximum absolute atomic E-state index is 12.5. The summed E-state index contributed by atoms with van der Waals surface area (Å²) >= 11 is 10.9. The third kappa shape index (κ3) is 3.54. The van der Waals surface area contributed by atoms with Gasteiger partial charge < -0.3 is 10.8 Å². The zero-order chi connectivity index (χ0) is 15.8. The second-order valence-corrected chi connectivity index (χ2v) is 8.17. The Morgan fingerprint density at radius 1 is 1.52 bits per heavy atom. The van der Waals surface area contributed by atoms with E-state index < -0.39 is 10.0 Å². The highest BCUT2D eigenvalue weighted by molar-refractivity contribution is 7.89. The molecule has 0 atom stereocenters. The molecule has 8 heteroatoms. The summed E-state index contributed by atoms with van der Waals surface area (Å²) in [4.78, 5) is 0.232. The van der Waals surface area contributed by atoms with Crippen molar-refractivity contribution in [3.05, 3.63) is 28.8 Å². The molecule has 2 rings (SSSR count). The van der Waals surface area contributed by atoms with Gasteiger partial charge in [-0.3, -0.25) is 0 Å². The first-order valence-electron chi connectivity index (χ1n) is 6.45. The summed E-state index contributed by atoms with van der Waals surface area (Å²) in [6, 6.07) is 4.32. The monoisotopic (exact) mass is 348 g/mol. The number of halogens is 1. The van der Waals surface area contributed by atoms with E-state index >= 15 is 0 Å². The highest BCUT2D eigenvalue weighted by atomic mass is 35.5. The summed E-state index contributed by atoms with van der Waals surface area (Å²) in [7, 11) is -2.09. The van der Waals surface area contributed by atoms with E-state index in [0.717, 1.165) is 0 Å². The van der Waals surface area contributed by atoms with E-state index in [1.54, 1.807) is 0 Å². The molecule has 0 radical (unpaired) electrons. The van der Waals surface area contributed by atoms with Crippen molar-refractivity contribution in [2.75, 3.05) is 13.6 Å². The fraction of sp³-hybridized carbons (Fsp3) is 0.462. The lowest BCUT2D eigenvalue weighted by molar-refractivity contribution is 0.0367. The molecule has 1 aliphatic carbocycles. The standard InChI is InChI=1S/C13H17ClN2O3S2/c1-16(7-8-4-9(17)5-8)21(18,19)10-2-3-11(13(15)20)12(14)6-10/h2-3,6,8-9,17H,4-5,7H2,1H3,(H2,15,20). The molecule has 3 N–H and O–H groups in total. The van der Waals surface area contributed by atoms with E-state index in [0.29, 0.717) is 24.9 Å². The summed E-state index contributed by atoms with van der Waals surface area (Å²) in [5.41, 5.74) is 5.96. The SMILES string of the molecule is CN(CC1CC(O)C1)S(=O)(=O)c1ccc(C(N)=S)c(Cl)c1. The average Bonchev–Trinajstić information content (AvgIpc) is 2.36. The molecule has 1 aliphatic rings. The van der Waals surface area contributed by atoms with Gasteiger partial charge in [-0.05, 0) is 37.0 Å². The smallest absolute Gasteiger partial charge is 0.242 e. The van der Waals surface area contributed by atoms with Crippen molar-refractivity contribution in [2.45, 2.75) is 23.8 Å². The number of aliphatic hydroxyl groups is 1. The van der Waals surface area contributed by atoms with Crippen LogP contribution in [0.3, 0.4) is 0 Å². The Morgan fingerprint density at radius 2 is 2.14 bits per heavy atom. The quantitative estimate of drug-likeness (QED) is 0.785. The molecule has 116 valence electrons. The van der Waals surface area contributed by atoms with Crippen molar-refractivity contribution in [2.24, 2.45) is 11.7 Å². The van der Waals surface area contributed by atoms with Gasteiger partial charge in [-0.15, -0.1) is 0 Å². The van der Waals surface area contributed by atoms with Crippen molar-refractivity contribution in [3.8, 4) is 0 Å². The van der Waals surface area contributed by atoms with Crippen LogP contribution in [0.2, 0.25) is 5.02 Å². The second kappa shape index (κ2) is 6.18. The van der Waals surface area contributed by atoms with Crippen LogP contribution in [0.4, 0.5) is 0 Å². The minimum absolute atomic E-state index is 0.106. The lowest BCUT2D eigenvalue weighted by Crippen LogP contribution is -2.39. The number of aliphatic hydroxyl groups excluding tert-OH is 1. The zero-order valence-electron chi connectivity index (χ0n) is 11.5. The lowest BCUT2D eigenvalue weighted by atomic mass is 9.82. The van der Waals surface area contributed by atoms with Gasteiger partial charge in [-0.2, -0.15) is 0 Å². The number of rotatable bonds is 5. The van der Waals surface area contributed by atoms with Gasteiger partial charge in [0.05, 0.1) is 16.0 Å². The fourth-order valence-electron chi connectivity index (χ4n) is 2.35. The van der Waals surface area contributed by atoms with E-state index in [-0.39, 0.29) is 26.9 Å². The van der Waals surface area contributed by atoms with Crippen LogP contribution in [0.5, 0.6) is 0 Å². The molecule has 0 heterocycles. The minimum Gasteiger partial charge on any atom is -0.393 e. The first-order chi connectivity index (χ1) is 9.71. The highest BCUT2D eigenvalue weighted by Crippen LogP contribution is 2.30. The van der Waals surface area contributed by atoms with Crippen LogP contribution in [0.1, 0.15) is 18.4 Å². The largest absolute Gasteiger partial charge is 0.393 e. The lowest BCUT2D eigenvalue weighted by Gasteiger charge is -2.34. The number of sulfonamides is 1. The molecule has 0 spiro atoms. The molecular weight excluding hydrogens is 332 g/mol. The molecule has 1 fully saturated rings. The van der Waals surface area contributed by atoms with Gasteiger partial charge in [0.15, 0.2) is 0 Å². The molecule has 5 nitrogen and oxygen atoms in total. The van der Waals surface area contributed by atoms with Crippen LogP contribution in [0, 0.1) is 5.92 Å². The molecule has 1 aromatic rings. The maximum Gasteiger partial charge on any atom is 0.242 e. The Bertz CT molecular complexity index is 657.